The Labute approximate surface area is 146 Å². The minimum Gasteiger partial charge on any atom is -0.280 e. The predicted octanol–water partition coefficient (Wildman–Crippen LogP) is 5.30. The second kappa shape index (κ2) is 7.05. The maximum atomic E-state index is 12.5. The zero-order valence-electron chi connectivity index (χ0n) is 12.8. The van der Waals surface area contributed by atoms with E-state index in [9.17, 15) is 8.42 Å². The van der Waals surface area contributed by atoms with E-state index in [2.05, 4.69) is 20.7 Å². The average Bonchev–Trinajstić information content (AvgIpc) is 2.58. The fourth-order valence-electron chi connectivity index (χ4n) is 3.09. The minimum atomic E-state index is -3.54. The summed E-state index contributed by atoms with van der Waals surface area (Å²) in [6.07, 6.45) is 6.29. The number of hydrogen-bond donors (Lipinski definition) is 1. The van der Waals surface area contributed by atoms with E-state index in [4.69, 9.17) is 0 Å². The van der Waals surface area contributed by atoms with E-state index < -0.39 is 10.0 Å². The van der Waals surface area contributed by atoms with Crippen LogP contribution in [0.15, 0.2) is 57.9 Å². The highest BCUT2D eigenvalue weighted by atomic mass is 79.9. The summed E-state index contributed by atoms with van der Waals surface area (Å²) in [5.41, 5.74) is 1.82. The van der Waals surface area contributed by atoms with Crippen LogP contribution in [0.3, 0.4) is 0 Å². The zero-order chi connectivity index (χ0) is 16.3. The van der Waals surface area contributed by atoms with Crippen molar-refractivity contribution in [3.05, 3.63) is 58.6 Å². The molecule has 0 aliphatic heterocycles. The number of hydrogen-bond acceptors (Lipinski definition) is 2. The zero-order valence-corrected chi connectivity index (χ0v) is 15.2. The quantitative estimate of drug-likeness (QED) is 0.765. The van der Waals surface area contributed by atoms with Crippen LogP contribution in [0.5, 0.6) is 0 Å². The topological polar surface area (TPSA) is 46.2 Å². The number of benzene rings is 2. The van der Waals surface area contributed by atoms with Crippen molar-refractivity contribution in [1.29, 1.82) is 0 Å². The maximum absolute atomic E-state index is 12.5. The van der Waals surface area contributed by atoms with Crippen LogP contribution in [-0.2, 0) is 10.0 Å². The van der Waals surface area contributed by atoms with Crippen LogP contribution >= 0.6 is 15.9 Å². The summed E-state index contributed by atoms with van der Waals surface area (Å²) < 4.78 is 28.4. The highest BCUT2D eigenvalue weighted by Gasteiger charge is 2.18. The molecule has 122 valence electrons. The van der Waals surface area contributed by atoms with Crippen molar-refractivity contribution in [2.75, 3.05) is 4.72 Å². The fourth-order valence-corrected chi connectivity index (χ4v) is 4.41. The van der Waals surface area contributed by atoms with Gasteiger partial charge >= 0.3 is 0 Å². The van der Waals surface area contributed by atoms with Crippen molar-refractivity contribution in [3.63, 3.8) is 0 Å². The monoisotopic (exact) mass is 393 g/mol. The SMILES string of the molecule is O=S(=O)(Nc1ccc(Br)cc1)c1ccc(C2CCCCC2)cc1. The summed E-state index contributed by atoms with van der Waals surface area (Å²) >= 11 is 3.34. The highest BCUT2D eigenvalue weighted by Crippen LogP contribution is 2.33. The number of rotatable bonds is 4. The molecule has 1 saturated carbocycles. The molecule has 0 spiro atoms. The van der Waals surface area contributed by atoms with Crippen molar-refractivity contribution in [2.24, 2.45) is 0 Å². The van der Waals surface area contributed by atoms with Gasteiger partial charge in [0.1, 0.15) is 0 Å². The van der Waals surface area contributed by atoms with Gasteiger partial charge in [-0.2, -0.15) is 0 Å². The first-order chi connectivity index (χ1) is 11.0. The molecule has 0 radical (unpaired) electrons. The highest BCUT2D eigenvalue weighted by molar-refractivity contribution is 9.10. The summed E-state index contributed by atoms with van der Waals surface area (Å²) in [6, 6.07) is 14.4. The lowest BCUT2D eigenvalue weighted by molar-refractivity contribution is 0.443. The lowest BCUT2D eigenvalue weighted by atomic mass is 9.84. The first-order valence-electron chi connectivity index (χ1n) is 7.93. The molecule has 2 aromatic rings. The third-order valence-electron chi connectivity index (χ3n) is 4.36. The van der Waals surface area contributed by atoms with E-state index in [0.717, 1.165) is 4.47 Å². The van der Waals surface area contributed by atoms with Gasteiger partial charge in [0.05, 0.1) is 4.90 Å². The largest absolute Gasteiger partial charge is 0.280 e. The van der Waals surface area contributed by atoms with Crippen LogP contribution in [0.25, 0.3) is 0 Å². The number of anilines is 1. The van der Waals surface area contributed by atoms with Crippen LogP contribution < -0.4 is 4.72 Å². The van der Waals surface area contributed by atoms with Crippen molar-refractivity contribution in [1.82, 2.24) is 0 Å². The Kier molecular flexibility index (Phi) is 5.07. The molecular weight excluding hydrogens is 374 g/mol. The van der Waals surface area contributed by atoms with Gasteiger partial charge in [-0.1, -0.05) is 47.3 Å². The Morgan fingerprint density at radius 2 is 1.48 bits per heavy atom. The van der Waals surface area contributed by atoms with E-state index in [-0.39, 0.29) is 0 Å². The van der Waals surface area contributed by atoms with Crippen molar-refractivity contribution >= 4 is 31.6 Å². The minimum absolute atomic E-state index is 0.306. The van der Waals surface area contributed by atoms with Gasteiger partial charge in [-0.25, -0.2) is 8.42 Å². The van der Waals surface area contributed by atoms with Crippen molar-refractivity contribution in [3.8, 4) is 0 Å². The van der Waals surface area contributed by atoms with E-state index in [1.54, 1.807) is 24.3 Å². The van der Waals surface area contributed by atoms with Gasteiger partial charge in [-0.05, 0) is 60.7 Å². The third kappa shape index (κ3) is 4.15. The molecule has 0 unspecified atom stereocenters. The molecule has 0 saturated heterocycles. The molecule has 0 aromatic heterocycles. The standard InChI is InChI=1S/C18H20BrNO2S/c19-16-8-10-17(11-9-16)20-23(21,22)18-12-6-15(7-13-18)14-4-2-1-3-5-14/h6-14,20H,1-5H2. The molecule has 0 amide bonds. The van der Waals surface area contributed by atoms with Crippen LogP contribution in [0.1, 0.15) is 43.6 Å². The molecule has 1 aliphatic rings. The van der Waals surface area contributed by atoms with Crippen molar-refractivity contribution < 1.29 is 8.42 Å². The predicted molar refractivity (Wildman–Crippen MR) is 97.2 cm³/mol. The first kappa shape index (κ1) is 16.5. The second-order valence-electron chi connectivity index (χ2n) is 6.02. The molecule has 23 heavy (non-hydrogen) atoms. The van der Waals surface area contributed by atoms with Crippen molar-refractivity contribution in [2.45, 2.75) is 42.9 Å². The molecule has 0 atom stereocenters. The van der Waals surface area contributed by atoms with E-state index in [1.807, 2.05) is 24.3 Å². The Balaban J connectivity index is 1.75. The number of sulfonamides is 1. The van der Waals surface area contributed by atoms with E-state index in [0.29, 0.717) is 16.5 Å². The van der Waals surface area contributed by atoms with Crippen LogP contribution in [0, 0.1) is 0 Å². The summed E-state index contributed by atoms with van der Waals surface area (Å²) in [5, 5.41) is 0. The molecule has 1 aliphatic carbocycles. The lowest BCUT2D eigenvalue weighted by Gasteiger charge is -2.22. The van der Waals surface area contributed by atoms with E-state index in [1.165, 1.54) is 37.7 Å². The molecule has 0 bridgehead atoms. The lowest BCUT2D eigenvalue weighted by Crippen LogP contribution is -2.13. The third-order valence-corrected chi connectivity index (χ3v) is 6.29. The molecule has 1 fully saturated rings. The van der Waals surface area contributed by atoms with Crippen LogP contribution in [-0.4, -0.2) is 8.42 Å². The maximum Gasteiger partial charge on any atom is 0.261 e. The van der Waals surface area contributed by atoms with Crippen LogP contribution in [0.2, 0.25) is 0 Å². The summed E-state index contributed by atoms with van der Waals surface area (Å²) in [7, 11) is -3.54. The van der Waals surface area contributed by atoms with Gasteiger partial charge in [0.2, 0.25) is 0 Å². The molecule has 3 rings (SSSR count). The van der Waals surface area contributed by atoms with E-state index >= 15 is 0 Å². The smallest absolute Gasteiger partial charge is 0.261 e. The van der Waals surface area contributed by atoms with Gasteiger partial charge < -0.3 is 0 Å². The number of halogens is 1. The van der Waals surface area contributed by atoms with Gasteiger partial charge in [0.25, 0.3) is 10.0 Å². The fraction of sp³-hybridized carbons (Fsp3) is 0.333. The molecule has 5 heteroatoms. The second-order valence-corrected chi connectivity index (χ2v) is 8.61. The Bertz CT molecular complexity index is 749. The summed E-state index contributed by atoms with van der Waals surface area (Å²) in [4.78, 5) is 0.306. The molecule has 0 heterocycles. The summed E-state index contributed by atoms with van der Waals surface area (Å²) in [5.74, 6) is 0.583. The first-order valence-corrected chi connectivity index (χ1v) is 10.2. The Morgan fingerprint density at radius 1 is 0.870 bits per heavy atom. The average molecular weight is 394 g/mol. The Morgan fingerprint density at radius 3 is 2.09 bits per heavy atom. The van der Waals surface area contributed by atoms with Gasteiger partial charge in [-0.3, -0.25) is 4.72 Å². The molecular formula is C18H20BrNO2S. The van der Waals surface area contributed by atoms with Gasteiger partial charge in [-0.15, -0.1) is 0 Å². The summed E-state index contributed by atoms with van der Waals surface area (Å²) in [6.45, 7) is 0. The van der Waals surface area contributed by atoms with Gasteiger partial charge in [0.15, 0.2) is 0 Å². The molecule has 3 nitrogen and oxygen atoms in total. The molecule has 1 N–H and O–H groups in total. The normalized spacial score (nSPS) is 16.2. The van der Waals surface area contributed by atoms with Crippen LogP contribution in [0.4, 0.5) is 5.69 Å². The number of nitrogens with one attached hydrogen (secondary N) is 1. The molecule has 2 aromatic carbocycles. The Hall–Kier alpha value is -1.33. The van der Waals surface area contributed by atoms with Gasteiger partial charge in [0, 0.05) is 10.2 Å².